The summed E-state index contributed by atoms with van der Waals surface area (Å²) in [6.45, 7) is 2.01. The molecule has 0 fully saturated rings. The first-order valence-corrected chi connectivity index (χ1v) is 4.16. The molecule has 1 aliphatic carbocycles. The van der Waals surface area contributed by atoms with Gasteiger partial charge in [0.05, 0.1) is 0 Å². The van der Waals surface area contributed by atoms with E-state index in [4.69, 9.17) is 0 Å². The number of hydrogen-bond donors (Lipinski definition) is 0. The van der Waals surface area contributed by atoms with E-state index in [0.717, 1.165) is 25.7 Å². The first-order chi connectivity index (χ1) is 5.33. The van der Waals surface area contributed by atoms with Crippen molar-refractivity contribution in [3.63, 3.8) is 0 Å². The summed E-state index contributed by atoms with van der Waals surface area (Å²) in [5, 5.41) is 0. The molecule has 0 heterocycles. The van der Waals surface area contributed by atoms with Crippen molar-refractivity contribution < 1.29 is 4.79 Å². The molecule has 0 unspecified atom stereocenters. The van der Waals surface area contributed by atoms with Gasteiger partial charge in [0.2, 0.25) is 0 Å². The average Bonchev–Trinajstić information content (AvgIpc) is 2.01. The zero-order valence-corrected chi connectivity index (χ0v) is 6.97. The SMILES string of the molecule is C/C=C/CC1=CC(=O)CCC1. The molecular weight excluding hydrogens is 136 g/mol. The van der Waals surface area contributed by atoms with Crippen molar-refractivity contribution >= 4 is 5.78 Å². The van der Waals surface area contributed by atoms with Crippen LogP contribution in [0.1, 0.15) is 32.6 Å². The van der Waals surface area contributed by atoms with E-state index >= 15 is 0 Å². The molecule has 1 nitrogen and oxygen atoms in total. The minimum Gasteiger partial charge on any atom is -0.295 e. The third kappa shape index (κ3) is 2.71. The first kappa shape index (κ1) is 8.25. The normalized spacial score (nSPS) is 19.0. The Morgan fingerprint density at radius 1 is 1.55 bits per heavy atom. The van der Waals surface area contributed by atoms with Crippen molar-refractivity contribution in [2.75, 3.05) is 0 Å². The number of allylic oxidation sites excluding steroid dienone is 4. The summed E-state index contributed by atoms with van der Waals surface area (Å²) >= 11 is 0. The highest BCUT2D eigenvalue weighted by Crippen LogP contribution is 2.18. The quantitative estimate of drug-likeness (QED) is 0.553. The maximum absolute atomic E-state index is 10.9. The molecule has 1 aliphatic rings. The fourth-order valence-corrected chi connectivity index (χ4v) is 1.29. The number of hydrogen-bond acceptors (Lipinski definition) is 1. The van der Waals surface area contributed by atoms with Gasteiger partial charge >= 0.3 is 0 Å². The van der Waals surface area contributed by atoms with E-state index in [1.807, 2.05) is 19.1 Å². The Morgan fingerprint density at radius 2 is 2.36 bits per heavy atom. The van der Waals surface area contributed by atoms with Crippen LogP contribution in [0.4, 0.5) is 0 Å². The van der Waals surface area contributed by atoms with Crippen LogP contribution >= 0.6 is 0 Å². The van der Waals surface area contributed by atoms with Gasteiger partial charge < -0.3 is 0 Å². The van der Waals surface area contributed by atoms with Crippen LogP contribution in [-0.4, -0.2) is 5.78 Å². The third-order valence-corrected chi connectivity index (χ3v) is 1.90. The largest absolute Gasteiger partial charge is 0.295 e. The molecular formula is C10H14O. The predicted molar refractivity (Wildman–Crippen MR) is 46.4 cm³/mol. The fourth-order valence-electron chi connectivity index (χ4n) is 1.29. The molecule has 0 atom stereocenters. The summed E-state index contributed by atoms with van der Waals surface area (Å²) in [5.41, 5.74) is 1.29. The molecule has 0 radical (unpaired) electrons. The molecule has 1 rings (SSSR count). The van der Waals surface area contributed by atoms with Crippen molar-refractivity contribution in [3.05, 3.63) is 23.8 Å². The Bertz CT molecular complexity index is 199. The lowest BCUT2D eigenvalue weighted by atomic mass is 9.96. The van der Waals surface area contributed by atoms with Gasteiger partial charge in [-0.1, -0.05) is 17.7 Å². The highest BCUT2D eigenvalue weighted by atomic mass is 16.1. The van der Waals surface area contributed by atoms with E-state index in [2.05, 4.69) is 6.08 Å². The van der Waals surface area contributed by atoms with Crippen LogP contribution < -0.4 is 0 Å². The Labute approximate surface area is 67.8 Å². The Hall–Kier alpha value is -0.850. The van der Waals surface area contributed by atoms with Crippen LogP contribution in [-0.2, 0) is 4.79 Å². The summed E-state index contributed by atoms with van der Waals surface area (Å²) in [7, 11) is 0. The molecule has 0 amide bonds. The Balaban J connectivity index is 2.49. The summed E-state index contributed by atoms with van der Waals surface area (Å²) in [5.74, 6) is 0.302. The van der Waals surface area contributed by atoms with E-state index < -0.39 is 0 Å². The van der Waals surface area contributed by atoms with Gasteiger partial charge in [0.15, 0.2) is 5.78 Å². The lowest BCUT2D eigenvalue weighted by molar-refractivity contribution is -0.115. The number of carbonyl (C=O) groups excluding carboxylic acids is 1. The smallest absolute Gasteiger partial charge is 0.155 e. The van der Waals surface area contributed by atoms with Crippen molar-refractivity contribution in [2.45, 2.75) is 32.6 Å². The van der Waals surface area contributed by atoms with E-state index in [1.54, 1.807) is 0 Å². The Morgan fingerprint density at radius 3 is 3.00 bits per heavy atom. The summed E-state index contributed by atoms with van der Waals surface area (Å²) < 4.78 is 0. The molecule has 0 aromatic rings. The third-order valence-electron chi connectivity index (χ3n) is 1.90. The van der Waals surface area contributed by atoms with Crippen LogP contribution in [0, 0.1) is 0 Å². The van der Waals surface area contributed by atoms with Gasteiger partial charge in [0.1, 0.15) is 0 Å². The molecule has 0 saturated carbocycles. The zero-order valence-electron chi connectivity index (χ0n) is 6.97. The molecule has 11 heavy (non-hydrogen) atoms. The standard InChI is InChI=1S/C10H14O/c1-2-3-5-9-6-4-7-10(11)8-9/h2-3,8H,4-7H2,1H3/b3-2+. The number of carbonyl (C=O) groups is 1. The van der Waals surface area contributed by atoms with Crippen molar-refractivity contribution in [3.8, 4) is 0 Å². The molecule has 0 aromatic carbocycles. The summed E-state index contributed by atoms with van der Waals surface area (Å²) in [4.78, 5) is 10.9. The monoisotopic (exact) mass is 150 g/mol. The van der Waals surface area contributed by atoms with Crippen molar-refractivity contribution in [1.29, 1.82) is 0 Å². The molecule has 60 valence electrons. The van der Waals surface area contributed by atoms with Gasteiger partial charge in [-0.3, -0.25) is 4.79 Å². The van der Waals surface area contributed by atoms with Gasteiger partial charge in [-0.15, -0.1) is 0 Å². The second-order valence-corrected chi connectivity index (χ2v) is 2.90. The molecule has 0 saturated heterocycles. The highest BCUT2D eigenvalue weighted by Gasteiger charge is 2.07. The molecule has 0 N–H and O–H groups in total. The van der Waals surface area contributed by atoms with Crippen molar-refractivity contribution in [1.82, 2.24) is 0 Å². The van der Waals surface area contributed by atoms with Crippen LogP contribution in [0.5, 0.6) is 0 Å². The maximum atomic E-state index is 10.9. The number of ketones is 1. The van der Waals surface area contributed by atoms with Crippen molar-refractivity contribution in [2.24, 2.45) is 0 Å². The lowest BCUT2D eigenvalue weighted by Gasteiger charge is -2.08. The Kier molecular flexibility index (Phi) is 3.09. The minimum atomic E-state index is 0.302. The lowest BCUT2D eigenvalue weighted by Crippen LogP contribution is -2.01. The molecule has 0 spiro atoms. The summed E-state index contributed by atoms with van der Waals surface area (Å²) in [6, 6.07) is 0. The second kappa shape index (κ2) is 4.12. The summed E-state index contributed by atoms with van der Waals surface area (Å²) in [6.07, 6.45) is 9.80. The van der Waals surface area contributed by atoms with E-state index in [1.165, 1.54) is 5.57 Å². The topological polar surface area (TPSA) is 17.1 Å². The number of rotatable bonds is 2. The van der Waals surface area contributed by atoms with Crippen LogP contribution in [0.2, 0.25) is 0 Å². The van der Waals surface area contributed by atoms with E-state index in [9.17, 15) is 4.79 Å². The van der Waals surface area contributed by atoms with Gasteiger partial charge in [-0.05, 0) is 32.3 Å². The van der Waals surface area contributed by atoms with Gasteiger partial charge in [-0.2, -0.15) is 0 Å². The van der Waals surface area contributed by atoms with Gasteiger partial charge in [-0.25, -0.2) is 0 Å². The zero-order chi connectivity index (χ0) is 8.10. The first-order valence-electron chi connectivity index (χ1n) is 4.16. The average molecular weight is 150 g/mol. The molecule has 0 aromatic heterocycles. The van der Waals surface area contributed by atoms with Crippen LogP contribution in [0.3, 0.4) is 0 Å². The molecule has 0 aliphatic heterocycles. The maximum Gasteiger partial charge on any atom is 0.155 e. The molecule has 1 heteroatoms. The van der Waals surface area contributed by atoms with Crippen LogP contribution in [0.25, 0.3) is 0 Å². The molecule has 0 bridgehead atoms. The van der Waals surface area contributed by atoms with E-state index in [0.29, 0.717) is 5.78 Å². The highest BCUT2D eigenvalue weighted by molar-refractivity contribution is 5.91. The van der Waals surface area contributed by atoms with Gasteiger partial charge in [0.25, 0.3) is 0 Å². The predicted octanol–water partition coefficient (Wildman–Crippen LogP) is 2.63. The van der Waals surface area contributed by atoms with Crippen LogP contribution in [0.15, 0.2) is 23.8 Å². The second-order valence-electron chi connectivity index (χ2n) is 2.90. The van der Waals surface area contributed by atoms with Gasteiger partial charge in [0, 0.05) is 6.42 Å². The minimum absolute atomic E-state index is 0.302. The fraction of sp³-hybridized carbons (Fsp3) is 0.500. The van der Waals surface area contributed by atoms with E-state index in [-0.39, 0.29) is 0 Å².